The topological polar surface area (TPSA) is 49.3 Å². The fourth-order valence-electron chi connectivity index (χ4n) is 1.02. The predicted molar refractivity (Wildman–Crippen MR) is 63.8 cm³/mol. The predicted octanol–water partition coefficient (Wildman–Crippen LogP) is 2.47. The standard InChI is InChI=1S/C11H14BrNO2/c1-7-5-4-6-8(9(7)12)13-10(14)11(2,3)15/h4-6,15H,1-3H3,(H,13,14). The largest absolute Gasteiger partial charge is 0.381 e. The van der Waals surface area contributed by atoms with Crippen LogP contribution in [0.25, 0.3) is 0 Å². The van der Waals surface area contributed by atoms with Gasteiger partial charge in [-0.2, -0.15) is 0 Å². The average molecular weight is 272 g/mol. The van der Waals surface area contributed by atoms with E-state index >= 15 is 0 Å². The fraction of sp³-hybridized carbons (Fsp3) is 0.364. The van der Waals surface area contributed by atoms with Gasteiger partial charge in [-0.05, 0) is 48.3 Å². The minimum atomic E-state index is -1.37. The second-order valence-electron chi connectivity index (χ2n) is 3.95. The summed E-state index contributed by atoms with van der Waals surface area (Å²) in [6.07, 6.45) is 0. The molecule has 1 aromatic rings. The molecule has 1 rings (SSSR count). The molecule has 0 saturated heterocycles. The summed E-state index contributed by atoms with van der Waals surface area (Å²) in [5.41, 5.74) is 0.328. The third-order valence-electron chi connectivity index (χ3n) is 2.00. The Morgan fingerprint density at radius 1 is 1.47 bits per heavy atom. The van der Waals surface area contributed by atoms with E-state index in [0.717, 1.165) is 10.0 Å². The Labute approximate surface area is 97.6 Å². The highest BCUT2D eigenvalue weighted by atomic mass is 79.9. The lowest BCUT2D eigenvalue weighted by Gasteiger charge is -2.17. The molecule has 2 N–H and O–H groups in total. The Hall–Kier alpha value is -0.870. The Bertz CT molecular complexity index is 383. The van der Waals surface area contributed by atoms with Gasteiger partial charge in [-0.25, -0.2) is 0 Å². The maximum atomic E-state index is 11.5. The van der Waals surface area contributed by atoms with Gasteiger partial charge in [-0.15, -0.1) is 0 Å². The number of carbonyl (C=O) groups is 1. The number of anilines is 1. The van der Waals surface area contributed by atoms with Gasteiger partial charge in [0.15, 0.2) is 0 Å². The van der Waals surface area contributed by atoms with E-state index in [1.807, 2.05) is 19.1 Å². The summed E-state index contributed by atoms with van der Waals surface area (Å²) in [7, 11) is 0. The molecular formula is C11H14BrNO2. The van der Waals surface area contributed by atoms with Gasteiger partial charge in [0.1, 0.15) is 5.60 Å². The number of carbonyl (C=O) groups excluding carboxylic acids is 1. The number of rotatable bonds is 2. The Kier molecular flexibility index (Phi) is 3.52. The van der Waals surface area contributed by atoms with Crippen molar-refractivity contribution in [1.29, 1.82) is 0 Å². The second kappa shape index (κ2) is 4.33. The molecule has 0 aliphatic heterocycles. The van der Waals surface area contributed by atoms with Crippen LogP contribution in [0.1, 0.15) is 19.4 Å². The number of nitrogens with one attached hydrogen (secondary N) is 1. The van der Waals surface area contributed by atoms with E-state index in [2.05, 4.69) is 21.2 Å². The molecule has 0 aliphatic rings. The van der Waals surface area contributed by atoms with Gasteiger partial charge in [0.25, 0.3) is 5.91 Å². The summed E-state index contributed by atoms with van der Waals surface area (Å²) in [6, 6.07) is 5.56. The van der Waals surface area contributed by atoms with Crippen molar-refractivity contribution >= 4 is 27.5 Å². The molecule has 1 amide bonds. The molecule has 0 aromatic heterocycles. The summed E-state index contributed by atoms with van der Waals surface area (Å²) in [6.45, 7) is 4.84. The lowest BCUT2D eigenvalue weighted by atomic mass is 10.1. The lowest BCUT2D eigenvalue weighted by Crippen LogP contribution is -2.36. The molecule has 0 aliphatic carbocycles. The molecule has 0 bridgehead atoms. The number of aryl methyl sites for hydroxylation is 1. The molecule has 0 unspecified atom stereocenters. The highest BCUT2D eigenvalue weighted by Gasteiger charge is 2.24. The van der Waals surface area contributed by atoms with Crippen LogP contribution in [0.15, 0.2) is 22.7 Å². The SMILES string of the molecule is Cc1cccc(NC(=O)C(C)(C)O)c1Br. The molecule has 82 valence electrons. The van der Waals surface area contributed by atoms with E-state index in [9.17, 15) is 9.90 Å². The van der Waals surface area contributed by atoms with Crippen LogP contribution in [0.2, 0.25) is 0 Å². The molecule has 0 radical (unpaired) electrons. The van der Waals surface area contributed by atoms with E-state index in [-0.39, 0.29) is 0 Å². The van der Waals surface area contributed by atoms with Gasteiger partial charge >= 0.3 is 0 Å². The van der Waals surface area contributed by atoms with Crippen LogP contribution in [-0.4, -0.2) is 16.6 Å². The molecule has 0 fully saturated rings. The van der Waals surface area contributed by atoms with Crippen molar-refractivity contribution in [3.8, 4) is 0 Å². The van der Waals surface area contributed by atoms with Gasteiger partial charge in [-0.1, -0.05) is 12.1 Å². The molecule has 4 heteroatoms. The highest BCUT2D eigenvalue weighted by Crippen LogP contribution is 2.26. The van der Waals surface area contributed by atoms with E-state index in [1.165, 1.54) is 13.8 Å². The lowest BCUT2D eigenvalue weighted by molar-refractivity contribution is -0.130. The van der Waals surface area contributed by atoms with Crippen molar-refractivity contribution in [3.63, 3.8) is 0 Å². The van der Waals surface area contributed by atoms with Crippen molar-refractivity contribution in [1.82, 2.24) is 0 Å². The van der Waals surface area contributed by atoms with Gasteiger partial charge in [0.2, 0.25) is 0 Å². The summed E-state index contributed by atoms with van der Waals surface area (Å²) in [5, 5.41) is 12.1. The van der Waals surface area contributed by atoms with Crippen molar-refractivity contribution in [2.24, 2.45) is 0 Å². The summed E-state index contributed by atoms with van der Waals surface area (Å²) in [5.74, 6) is -0.422. The molecule has 0 atom stereocenters. The Morgan fingerprint density at radius 3 is 2.60 bits per heavy atom. The normalized spacial score (nSPS) is 11.3. The fourth-order valence-corrected chi connectivity index (χ4v) is 1.38. The van der Waals surface area contributed by atoms with E-state index in [1.54, 1.807) is 6.07 Å². The third-order valence-corrected chi connectivity index (χ3v) is 3.05. The molecular weight excluding hydrogens is 258 g/mol. The first-order valence-corrected chi connectivity index (χ1v) is 5.40. The first-order valence-electron chi connectivity index (χ1n) is 4.61. The summed E-state index contributed by atoms with van der Waals surface area (Å²) < 4.78 is 0.836. The number of halogens is 1. The molecule has 1 aromatic carbocycles. The quantitative estimate of drug-likeness (QED) is 0.868. The van der Waals surface area contributed by atoms with Crippen molar-refractivity contribution in [3.05, 3.63) is 28.2 Å². The van der Waals surface area contributed by atoms with Crippen molar-refractivity contribution < 1.29 is 9.90 Å². The third kappa shape index (κ3) is 3.04. The zero-order valence-electron chi connectivity index (χ0n) is 8.97. The van der Waals surface area contributed by atoms with Gasteiger partial charge < -0.3 is 10.4 Å². The monoisotopic (exact) mass is 271 g/mol. The van der Waals surface area contributed by atoms with Crippen LogP contribution < -0.4 is 5.32 Å². The summed E-state index contributed by atoms with van der Waals surface area (Å²) in [4.78, 5) is 11.5. The summed E-state index contributed by atoms with van der Waals surface area (Å²) >= 11 is 3.38. The van der Waals surface area contributed by atoms with Crippen LogP contribution in [-0.2, 0) is 4.79 Å². The molecule has 3 nitrogen and oxygen atoms in total. The van der Waals surface area contributed by atoms with Gasteiger partial charge in [-0.3, -0.25) is 4.79 Å². The maximum absolute atomic E-state index is 11.5. The second-order valence-corrected chi connectivity index (χ2v) is 4.74. The molecule has 0 heterocycles. The molecule has 0 saturated carbocycles. The molecule has 0 spiro atoms. The van der Waals surface area contributed by atoms with Crippen LogP contribution in [0.4, 0.5) is 5.69 Å². The zero-order chi connectivity index (χ0) is 11.6. The van der Waals surface area contributed by atoms with E-state index < -0.39 is 11.5 Å². The van der Waals surface area contributed by atoms with Gasteiger partial charge in [0, 0.05) is 4.47 Å². The first-order chi connectivity index (χ1) is 6.82. The van der Waals surface area contributed by atoms with Crippen molar-refractivity contribution in [2.45, 2.75) is 26.4 Å². The number of benzene rings is 1. The maximum Gasteiger partial charge on any atom is 0.255 e. The Balaban J connectivity index is 2.91. The zero-order valence-corrected chi connectivity index (χ0v) is 10.6. The number of hydrogen-bond acceptors (Lipinski definition) is 2. The number of aliphatic hydroxyl groups is 1. The van der Waals surface area contributed by atoms with E-state index in [4.69, 9.17) is 0 Å². The number of amides is 1. The van der Waals surface area contributed by atoms with Crippen molar-refractivity contribution in [2.75, 3.05) is 5.32 Å². The smallest absolute Gasteiger partial charge is 0.255 e. The molecule has 15 heavy (non-hydrogen) atoms. The van der Waals surface area contributed by atoms with Crippen LogP contribution >= 0.6 is 15.9 Å². The van der Waals surface area contributed by atoms with Crippen LogP contribution in [0.5, 0.6) is 0 Å². The highest BCUT2D eigenvalue weighted by molar-refractivity contribution is 9.10. The van der Waals surface area contributed by atoms with Crippen LogP contribution in [0, 0.1) is 6.92 Å². The number of hydrogen-bond donors (Lipinski definition) is 2. The average Bonchev–Trinajstić information content (AvgIpc) is 2.11. The Morgan fingerprint density at radius 2 is 2.07 bits per heavy atom. The van der Waals surface area contributed by atoms with Gasteiger partial charge in [0.05, 0.1) is 5.69 Å². The first kappa shape index (κ1) is 12.2. The van der Waals surface area contributed by atoms with Crippen LogP contribution in [0.3, 0.4) is 0 Å². The minimum absolute atomic E-state index is 0.422. The minimum Gasteiger partial charge on any atom is -0.381 e. The van der Waals surface area contributed by atoms with E-state index in [0.29, 0.717) is 5.69 Å².